The van der Waals surface area contributed by atoms with Crippen molar-refractivity contribution in [1.82, 2.24) is 0 Å². The van der Waals surface area contributed by atoms with Crippen molar-refractivity contribution in [3.63, 3.8) is 0 Å². The molecule has 0 spiro atoms. The van der Waals surface area contributed by atoms with E-state index in [4.69, 9.17) is 13.3 Å². The van der Waals surface area contributed by atoms with Crippen LogP contribution in [0.3, 0.4) is 0 Å². The van der Waals surface area contributed by atoms with E-state index in [0.29, 0.717) is 19.8 Å². The van der Waals surface area contributed by atoms with Crippen LogP contribution in [0.4, 0.5) is 17.1 Å². The highest BCUT2D eigenvalue weighted by Crippen LogP contribution is 2.38. The second-order valence-corrected chi connectivity index (χ2v) is 11.3. The fourth-order valence-corrected chi connectivity index (χ4v) is 8.28. The first-order valence-corrected chi connectivity index (χ1v) is 14.1. The molecule has 33 heavy (non-hydrogen) atoms. The lowest BCUT2D eigenvalue weighted by atomic mass is 9.91. The average molecular weight is 468 g/mol. The summed E-state index contributed by atoms with van der Waals surface area (Å²) in [6, 6.07) is 8.58. The SMILES string of the molecule is CCO[Si](OCC)(OCC)c1c(C)cc(N=Nc2cc3c4c(c2)CCCN4CCC3)cc1C. The topological polar surface area (TPSA) is 55.6 Å². The largest absolute Gasteiger partial charge is 0.537 e. The van der Waals surface area contributed by atoms with Crippen LogP contribution in [0.2, 0.25) is 0 Å². The lowest BCUT2D eigenvalue weighted by Crippen LogP contribution is -2.58. The van der Waals surface area contributed by atoms with Crippen molar-refractivity contribution in [2.24, 2.45) is 10.2 Å². The minimum atomic E-state index is -2.98. The normalized spacial score (nSPS) is 15.8. The third-order valence-corrected chi connectivity index (χ3v) is 9.83. The molecular weight excluding hydrogens is 430 g/mol. The first-order valence-electron chi connectivity index (χ1n) is 12.4. The van der Waals surface area contributed by atoms with Crippen LogP contribution >= 0.6 is 0 Å². The lowest BCUT2D eigenvalue weighted by molar-refractivity contribution is 0.0857. The molecule has 7 heteroatoms. The van der Waals surface area contributed by atoms with Crippen molar-refractivity contribution >= 4 is 31.1 Å². The number of hydrogen-bond donors (Lipinski definition) is 0. The molecule has 0 unspecified atom stereocenters. The Morgan fingerprint density at radius 2 is 1.21 bits per heavy atom. The van der Waals surface area contributed by atoms with Crippen LogP contribution in [0.1, 0.15) is 55.9 Å². The Labute approximate surface area is 199 Å². The second-order valence-electron chi connectivity index (χ2n) is 8.82. The van der Waals surface area contributed by atoms with Gasteiger partial charge in [0.05, 0.1) is 11.4 Å². The van der Waals surface area contributed by atoms with Crippen LogP contribution in [0, 0.1) is 13.8 Å². The van der Waals surface area contributed by atoms with Gasteiger partial charge < -0.3 is 18.2 Å². The molecule has 0 radical (unpaired) electrons. The maximum absolute atomic E-state index is 6.16. The summed E-state index contributed by atoms with van der Waals surface area (Å²) < 4.78 is 18.5. The van der Waals surface area contributed by atoms with E-state index in [2.05, 4.69) is 53.2 Å². The van der Waals surface area contributed by atoms with E-state index >= 15 is 0 Å². The van der Waals surface area contributed by atoms with Crippen LogP contribution in [0.15, 0.2) is 34.5 Å². The Hall–Kier alpha value is -2.06. The minimum absolute atomic E-state index is 0.546. The smallest absolute Gasteiger partial charge is 0.371 e. The molecule has 0 N–H and O–H groups in total. The molecule has 0 fully saturated rings. The van der Waals surface area contributed by atoms with E-state index in [1.165, 1.54) is 42.7 Å². The zero-order chi connectivity index (χ0) is 23.4. The summed E-state index contributed by atoms with van der Waals surface area (Å²) in [5, 5.41) is 10.3. The zero-order valence-electron chi connectivity index (χ0n) is 20.7. The Morgan fingerprint density at radius 1 is 0.758 bits per heavy atom. The summed E-state index contributed by atoms with van der Waals surface area (Å²) in [4.78, 5) is 2.55. The third kappa shape index (κ3) is 4.92. The molecule has 2 aromatic carbocycles. The maximum atomic E-state index is 6.16. The summed E-state index contributed by atoms with van der Waals surface area (Å²) in [6.45, 7) is 14.1. The molecule has 2 aromatic rings. The first kappa shape index (κ1) is 24.1. The summed E-state index contributed by atoms with van der Waals surface area (Å²) in [5.74, 6) is 0. The Kier molecular flexibility index (Phi) is 7.64. The van der Waals surface area contributed by atoms with Crippen LogP contribution in [0.25, 0.3) is 0 Å². The van der Waals surface area contributed by atoms with Crippen LogP contribution in [0.5, 0.6) is 0 Å². The highest BCUT2D eigenvalue weighted by molar-refractivity contribution is 6.76. The Bertz CT molecular complexity index is 953. The Balaban J connectivity index is 1.65. The van der Waals surface area contributed by atoms with Gasteiger partial charge in [0.15, 0.2) is 0 Å². The zero-order valence-corrected chi connectivity index (χ0v) is 21.7. The molecule has 0 saturated heterocycles. The number of rotatable bonds is 9. The first-order chi connectivity index (χ1) is 16.0. The molecule has 0 aromatic heterocycles. The molecule has 0 aliphatic carbocycles. The number of benzene rings is 2. The van der Waals surface area contributed by atoms with Gasteiger partial charge in [-0.15, -0.1) is 0 Å². The molecule has 178 valence electrons. The van der Waals surface area contributed by atoms with E-state index in [1.54, 1.807) is 0 Å². The van der Waals surface area contributed by atoms with Crippen LogP contribution in [-0.2, 0) is 26.1 Å². The summed E-state index contributed by atoms with van der Waals surface area (Å²) in [6.07, 6.45) is 4.71. The minimum Gasteiger partial charge on any atom is -0.371 e. The number of nitrogens with zero attached hydrogens (tertiary/aromatic N) is 3. The second kappa shape index (κ2) is 10.5. The van der Waals surface area contributed by atoms with Gasteiger partial charge in [0.25, 0.3) is 0 Å². The van der Waals surface area contributed by atoms with E-state index in [9.17, 15) is 0 Å². The average Bonchev–Trinajstić information content (AvgIpc) is 2.78. The van der Waals surface area contributed by atoms with E-state index in [0.717, 1.165) is 40.5 Å². The molecule has 2 aliphatic rings. The molecule has 2 aliphatic heterocycles. The number of aryl methyl sites for hydroxylation is 4. The lowest BCUT2D eigenvalue weighted by Gasteiger charge is -2.36. The van der Waals surface area contributed by atoms with Crippen LogP contribution in [-0.4, -0.2) is 41.7 Å². The van der Waals surface area contributed by atoms with Gasteiger partial charge in [0.1, 0.15) is 0 Å². The molecule has 0 amide bonds. The van der Waals surface area contributed by atoms with Gasteiger partial charge in [-0.2, -0.15) is 10.2 Å². The van der Waals surface area contributed by atoms with E-state index in [1.807, 2.05) is 20.8 Å². The molecule has 0 atom stereocenters. The van der Waals surface area contributed by atoms with Gasteiger partial charge in [-0.3, -0.25) is 0 Å². The Morgan fingerprint density at radius 3 is 1.67 bits per heavy atom. The maximum Gasteiger partial charge on any atom is 0.537 e. The van der Waals surface area contributed by atoms with Crippen molar-refractivity contribution < 1.29 is 13.3 Å². The fourth-order valence-electron chi connectivity index (χ4n) is 5.35. The predicted molar refractivity (Wildman–Crippen MR) is 136 cm³/mol. The van der Waals surface area contributed by atoms with Gasteiger partial charge in [-0.1, -0.05) is 0 Å². The molecule has 6 nitrogen and oxygen atoms in total. The van der Waals surface area contributed by atoms with Crippen molar-refractivity contribution in [2.45, 2.75) is 60.3 Å². The molecule has 0 bridgehead atoms. The molecule has 4 rings (SSSR count). The summed E-state index contributed by atoms with van der Waals surface area (Å²) >= 11 is 0. The predicted octanol–water partition coefficient (Wildman–Crippen LogP) is 5.67. The quantitative estimate of drug-likeness (QED) is 0.352. The summed E-state index contributed by atoms with van der Waals surface area (Å²) in [7, 11) is -2.98. The number of hydrogen-bond acceptors (Lipinski definition) is 6. The summed E-state index contributed by atoms with van der Waals surface area (Å²) in [5.41, 5.74) is 8.26. The van der Waals surface area contributed by atoms with Crippen molar-refractivity contribution in [2.75, 3.05) is 37.8 Å². The fraction of sp³-hybridized carbons (Fsp3) is 0.538. The highest BCUT2D eigenvalue weighted by Gasteiger charge is 2.45. The number of azo groups is 1. The number of anilines is 1. The van der Waals surface area contributed by atoms with Gasteiger partial charge in [-0.05, 0) is 107 Å². The highest BCUT2D eigenvalue weighted by atomic mass is 28.4. The van der Waals surface area contributed by atoms with Gasteiger partial charge in [-0.25, -0.2) is 0 Å². The van der Waals surface area contributed by atoms with Gasteiger partial charge >= 0.3 is 8.80 Å². The van der Waals surface area contributed by atoms with Gasteiger partial charge in [0.2, 0.25) is 0 Å². The van der Waals surface area contributed by atoms with Crippen LogP contribution < -0.4 is 10.1 Å². The molecule has 0 saturated carbocycles. The van der Waals surface area contributed by atoms with E-state index in [-0.39, 0.29) is 0 Å². The standard InChI is InChI=1S/C26H37N3O3Si/c1-6-30-33(31-7-2,32-8-3)26-19(4)15-23(16-20(26)5)27-28-24-17-21-11-9-13-29-14-10-12-22(18-24)25(21)29/h15-18H,6-14H2,1-5H3. The molecule has 2 heterocycles. The van der Waals surface area contributed by atoms with Crippen molar-refractivity contribution in [1.29, 1.82) is 0 Å². The molecular formula is C26H37N3O3Si. The van der Waals surface area contributed by atoms with Crippen molar-refractivity contribution in [3.05, 3.63) is 46.5 Å². The third-order valence-electron chi connectivity index (χ3n) is 6.42. The monoisotopic (exact) mass is 467 g/mol. The van der Waals surface area contributed by atoms with E-state index < -0.39 is 8.80 Å². The van der Waals surface area contributed by atoms with Gasteiger partial charge in [0, 0.05) is 43.8 Å². The van der Waals surface area contributed by atoms with Crippen molar-refractivity contribution in [3.8, 4) is 0 Å².